The highest BCUT2D eigenvalue weighted by molar-refractivity contribution is 5.96. The molecule has 0 aromatic heterocycles. The van der Waals surface area contributed by atoms with Gasteiger partial charge < -0.3 is 4.74 Å². The van der Waals surface area contributed by atoms with Gasteiger partial charge in [-0.2, -0.15) is 0 Å². The van der Waals surface area contributed by atoms with Crippen LogP contribution in [0.5, 0.6) is 5.75 Å². The normalized spacial score (nSPS) is 21.2. The third-order valence-electron chi connectivity index (χ3n) is 5.39. The zero-order valence-corrected chi connectivity index (χ0v) is 16.7. The molecule has 1 heterocycles. The first-order valence-electron chi connectivity index (χ1n) is 9.94. The van der Waals surface area contributed by atoms with Crippen LogP contribution in [-0.4, -0.2) is 18.5 Å². The van der Waals surface area contributed by atoms with Gasteiger partial charge >= 0.3 is 0 Å². The van der Waals surface area contributed by atoms with Crippen LogP contribution in [0, 0.1) is 5.92 Å². The molecule has 1 saturated heterocycles. The number of nitrogens with zero attached hydrogens (tertiary/aromatic N) is 1. The lowest BCUT2D eigenvalue weighted by atomic mass is 9.90. The van der Waals surface area contributed by atoms with E-state index in [4.69, 9.17) is 9.57 Å². The summed E-state index contributed by atoms with van der Waals surface area (Å²) in [6.45, 7) is 4.09. The number of carbonyl (C=O) groups excluding carboxylic acids is 1. The van der Waals surface area contributed by atoms with Crippen molar-refractivity contribution in [1.29, 1.82) is 0 Å². The molecule has 0 aliphatic carbocycles. The number of hydrogen-bond donors (Lipinski definition) is 0. The van der Waals surface area contributed by atoms with E-state index in [-0.39, 0.29) is 23.8 Å². The van der Waals surface area contributed by atoms with Gasteiger partial charge in [-0.15, -0.1) is 0 Å². The molecular weight excluding hydrogens is 362 g/mol. The van der Waals surface area contributed by atoms with Crippen molar-refractivity contribution in [2.24, 2.45) is 5.92 Å². The highest BCUT2D eigenvalue weighted by atomic mass is 16.7. The van der Waals surface area contributed by atoms with Crippen LogP contribution in [0.3, 0.4) is 0 Å². The van der Waals surface area contributed by atoms with Crippen molar-refractivity contribution in [2.75, 3.05) is 11.7 Å². The smallest absolute Gasteiger partial charge is 0.163 e. The average Bonchev–Trinajstić information content (AvgIpc) is 3.09. The summed E-state index contributed by atoms with van der Waals surface area (Å²) >= 11 is 0. The standard InChI is InChI=1S/C25H25NO3/c1-18(27)22-15-9-10-16-24(22)28-17-23-19(2)29-26(21-13-7-4-8-14-21)25(23)20-11-5-3-6-12-20/h3-16,19,23,25H,17H2,1-2H3/t19-,23-,25+/m0/s1. The fraction of sp³-hybridized carbons (Fsp3) is 0.240. The van der Waals surface area contributed by atoms with Crippen LogP contribution in [0.25, 0.3) is 0 Å². The van der Waals surface area contributed by atoms with E-state index >= 15 is 0 Å². The van der Waals surface area contributed by atoms with Gasteiger partial charge in [-0.05, 0) is 43.7 Å². The molecule has 0 spiro atoms. The first kappa shape index (κ1) is 19.2. The molecule has 1 fully saturated rings. The molecular formula is C25H25NO3. The number of benzene rings is 3. The Morgan fingerprint density at radius 2 is 1.55 bits per heavy atom. The lowest BCUT2D eigenvalue weighted by Gasteiger charge is -2.28. The lowest BCUT2D eigenvalue weighted by Crippen LogP contribution is -2.28. The number of rotatable bonds is 6. The Labute approximate surface area is 171 Å². The predicted molar refractivity (Wildman–Crippen MR) is 114 cm³/mol. The molecule has 3 aromatic carbocycles. The second-order valence-corrected chi connectivity index (χ2v) is 7.35. The van der Waals surface area contributed by atoms with Gasteiger partial charge in [0.05, 0.1) is 30.0 Å². The van der Waals surface area contributed by atoms with E-state index in [1.165, 1.54) is 5.56 Å². The topological polar surface area (TPSA) is 38.8 Å². The molecule has 0 amide bonds. The van der Waals surface area contributed by atoms with Crippen molar-refractivity contribution in [1.82, 2.24) is 0 Å². The largest absolute Gasteiger partial charge is 0.492 e. The fourth-order valence-electron chi connectivity index (χ4n) is 3.88. The fourth-order valence-corrected chi connectivity index (χ4v) is 3.88. The number of hydrogen-bond acceptors (Lipinski definition) is 4. The molecule has 1 aliphatic heterocycles. The number of hydroxylamine groups is 1. The molecule has 3 aromatic rings. The van der Waals surface area contributed by atoms with Crippen LogP contribution < -0.4 is 9.80 Å². The minimum atomic E-state index is -0.0371. The quantitative estimate of drug-likeness (QED) is 0.526. The maximum Gasteiger partial charge on any atom is 0.163 e. The molecule has 3 atom stereocenters. The third-order valence-corrected chi connectivity index (χ3v) is 5.39. The van der Waals surface area contributed by atoms with Gasteiger partial charge in [0.15, 0.2) is 5.78 Å². The van der Waals surface area contributed by atoms with Crippen molar-refractivity contribution in [3.05, 3.63) is 96.1 Å². The Morgan fingerprint density at radius 1 is 0.931 bits per heavy atom. The molecule has 1 aliphatic rings. The van der Waals surface area contributed by atoms with Crippen molar-refractivity contribution in [2.45, 2.75) is 26.0 Å². The Morgan fingerprint density at radius 3 is 2.24 bits per heavy atom. The van der Waals surface area contributed by atoms with Crippen molar-refractivity contribution >= 4 is 11.5 Å². The van der Waals surface area contributed by atoms with Gasteiger partial charge in [0.2, 0.25) is 0 Å². The number of ketones is 1. The van der Waals surface area contributed by atoms with Gasteiger partial charge in [-0.3, -0.25) is 9.63 Å². The Hall–Kier alpha value is -3.11. The zero-order chi connectivity index (χ0) is 20.2. The van der Waals surface area contributed by atoms with E-state index < -0.39 is 0 Å². The van der Waals surface area contributed by atoms with E-state index in [0.717, 1.165) is 5.69 Å². The minimum absolute atomic E-state index is 0.00171. The molecule has 0 radical (unpaired) electrons. The summed E-state index contributed by atoms with van der Waals surface area (Å²) in [5, 5.41) is 1.99. The van der Waals surface area contributed by atoms with Crippen LogP contribution >= 0.6 is 0 Å². The van der Waals surface area contributed by atoms with E-state index in [2.05, 4.69) is 31.2 Å². The molecule has 0 unspecified atom stereocenters. The second kappa shape index (κ2) is 8.50. The molecule has 4 rings (SSSR count). The van der Waals surface area contributed by atoms with E-state index in [9.17, 15) is 4.79 Å². The second-order valence-electron chi connectivity index (χ2n) is 7.35. The van der Waals surface area contributed by atoms with Gasteiger partial charge in [0.1, 0.15) is 5.75 Å². The van der Waals surface area contributed by atoms with Crippen molar-refractivity contribution in [3.63, 3.8) is 0 Å². The summed E-state index contributed by atoms with van der Waals surface area (Å²) in [5.74, 6) is 0.719. The first-order chi connectivity index (χ1) is 14.1. The number of Topliss-reactive ketones (excluding diaryl/α,β-unsaturated/α-hetero) is 1. The van der Waals surface area contributed by atoms with Crippen molar-refractivity contribution in [3.8, 4) is 5.75 Å². The highest BCUT2D eigenvalue weighted by Crippen LogP contribution is 2.42. The molecule has 0 N–H and O–H groups in total. The molecule has 4 heteroatoms. The van der Waals surface area contributed by atoms with Crippen LogP contribution in [0.1, 0.15) is 35.8 Å². The van der Waals surface area contributed by atoms with Crippen LogP contribution in [0.2, 0.25) is 0 Å². The van der Waals surface area contributed by atoms with Crippen molar-refractivity contribution < 1.29 is 14.4 Å². The Kier molecular flexibility index (Phi) is 5.63. The molecule has 29 heavy (non-hydrogen) atoms. The van der Waals surface area contributed by atoms with Gasteiger partial charge in [0.25, 0.3) is 0 Å². The number of anilines is 1. The predicted octanol–water partition coefficient (Wildman–Crippen LogP) is 5.47. The number of para-hydroxylation sites is 2. The van der Waals surface area contributed by atoms with E-state index in [0.29, 0.717) is 17.9 Å². The summed E-state index contributed by atoms with van der Waals surface area (Å²) in [7, 11) is 0. The van der Waals surface area contributed by atoms with Gasteiger partial charge in [-0.1, -0.05) is 60.7 Å². The van der Waals surface area contributed by atoms with Crippen LogP contribution in [0.15, 0.2) is 84.9 Å². The average molecular weight is 387 g/mol. The number of ether oxygens (including phenoxy) is 1. The van der Waals surface area contributed by atoms with E-state index in [1.807, 2.05) is 59.7 Å². The van der Waals surface area contributed by atoms with Crippen LogP contribution in [0.4, 0.5) is 5.69 Å². The molecule has 0 bridgehead atoms. The SMILES string of the molecule is CC(=O)c1ccccc1OC[C@H]1[C@H](C)ON(c2ccccc2)[C@@H]1c1ccccc1. The summed E-state index contributed by atoms with van der Waals surface area (Å²) < 4.78 is 6.16. The highest BCUT2D eigenvalue weighted by Gasteiger charge is 2.42. The summed E-state index contributed by atoms with van der Waals surface area (Å²) in [6, 6.07) is 27.9. The zero-order valence-electron chi connectivity index (χ0n) is 16.7. The molecule has 4 nitrogen and oxygen atoms in total. The summed E-state index contributed by atoms with van der Waals surface area (Å²) in [4.78, 5) is 18.2. The Balaban J connectivity index is 1.63. The first-order valence-corrected chi connectivity index (χ1v) is 9.94. The third kappa shape index (κ3) is 4.03. The summed E-state index contributed by atoms with van der Waals surface area (Å²) in [6.07, 6.45) is -0.0371. The molecule has 0 saturated carbocycles. The Bertz CT molecular complexity index is 958. The number of carbonyl (C=O) groups is 1. The maximum absolute atomic E-state index is 11.9. The summed E-state index contributed by atoms with van der Waals surface area (Å²) in [5.41, 5.74) is 2.80. The minimum Gasteiger partial charge on any atom is -0.492 e. The molecule has 148 valence electrons. The lowest BCUT2D eigenvalue weighted by molar-refractivity contribution is 0.0723. The van der Waals surface area contributed by atoms with Crippen LogP contribution in [-0.2, 0) is 4.84 Å². The van der Waals surface area contributed by atoms with E-state index in [1.54, 1.807) is 13.0 Å². The maximum atomic E-state index is 11.9. The van der Waals surface area contributed by atoms with Gasteiger partial charge in [0, 0.05) is 5.92 Å². The van der Waals surface area contributed by atoms with Gasteiger partial charge in [-0.25, -0.2) is 5.06 Å². The monoisotopic (exact) mass is 387 g/mol.